The van der Waals surface area contributed by atoms with Crippen LogP contribution in [0.15, 0.2) is 6.20 Å². The van der Waals surface area contributed by atoms with E-state index < -0.39 is 34.5 Å². The molecule has 2 aliphatic rings. The Bertz CT molecular complexity index is 823. The third-order valence-electron chi connectivity index (χ3n) is 4.09. The van der Waals surface area contributed by atoms with E-state index in [1.807, 2.05) is 0 Å². The van der Waals surface area contributed by atoms with E-state index in [1.54, 1.807) is 6.92 Å². The van der Waals surface area contributed by atoms with Gasteiger partial charge in [-0.25, -0.2) is 15.4 Å². The molecule has 3 amide bonds. The molecule has 13 nitrogen and oxygen atoms in total. The average molecular weight is 375 g/mol. The van der Waals surface area contributed by atoms with Gasteiger partial charge in [-0.05, 0) is 6.92 Å². The van der Waals surface area contributed by atoms with E-state index in [4.69, 9.17) is 16.1 Å². The van der Waals surface area contributed by atoms with Gasteiger partial charge < -0.3 is 10.6 Å². The van der Waals surface area contributed by atoms with Crippen molar-refractivity contribution in [2.75, 3.05) is 19.6 Å². The lowest BCUT2D eigenvalue weighted by Crippen LogP contribution is -2.41. The minimum Gasteiger partial charge on any atom is -0.328 e. The Hall–Kier alpha value is -2.26. The highest BCUT2D eigenvalue weighted by molar-refractivity contribution is 7.80. The van der Waals surface area contributed by atoms with E-state index in [0.717, 1.165) is 9.69 Å². The molecule has 0 aromatic carbocycles. The maximum Gasteiger partial charge on any atom is 0.418 e. The number of hydrogen-bond donors (Lipinski definition) is 3. The van der Waals surface area contributed by atoms with Crippen molar-refractivity contribution in [1.82, 2.24) is 24.8 Å². The monoisotopic (exact) mass is 375 g/mol. The minimum absolute atomic E-state index is 0.00348. The van der Waals surface area contributed by atoms with Crippen LogP contribution in [0, 0.1) is 0 Å². The van der Waals surface area contributed by atoms with Gasteiger partial charge in [0.25, 0.3) is 0 Å². The Balaban J connectivity index is 2.04. The van der Waals surface area contributed by atoms with Gasteiger partial charge >= 0.3 is 22.5 Å². The van der Waals surface area contributed by atoms with Crippen LogP contribution in [-0.2, 0) is 14.7 Å². The minimum atomic E-state index is -4.91. The Morgan fingerprint density at radius 3 is 2.80 bits per heavy atom. The molecular weight excluding hydrogens is 358 g/mol. The molecule has 25 heavy (non-hydrogen) atoms. The zero-order valence-corrected chi connectivity index (χ0v) is 14.0. The lowest BCUT2D eigenvalue weighted by Gasteiger charge is -2.28. The Kier molecular flexibility index (Phi) is 4.16. The molecule has 2 bridgehead atoms. The van der Waals surface area contributed by atoms with Crippen LogP contribution < -0.4 is 11.6 Å². The summed E-state index contributed by atoms with van der Waals surface area (Å²) in [5.74, 6) is 5.57. The molecule has 2 atom stereocenters. The number of hydrogen-bond acceptors (Lipinski definition) is 8. The van der Waals surface area contributed by atoms with E-state index in [0.29, 0.717) is 16.3 Å². The first-order chi connectivity index (χ1) is 11.7. The summed E-state index contributed by atoms with van der Waals surface area (Å²) in [6.45, 7) is 1.99. The number of nitrogens with two attached hydrogens (primary N) is 2. The van der Waals surface area contributed by atoms with Crippen molar-refractivity contribution in [2.24, 2.45) is 11.6 Å². The SMILES string of the molecule is CCN(N)C(=O)n1cc2c(n1)C(CN)N1CC2N(OS(=O)(=O)O)C1=O. The van der Waals surface area contributed by atoms with E-state index in [2.05, 4.69) is 9.38 Å². The molecule has 1 aromatic rings. The maximum atomic E-state index is 12.3. The van der Waals surface area contributed by atoms with Gasteiger partial charge in [0.15, 0.2) is 0 Å². The standard InChI is InChI=1S/C11H17N7O6S/c1-2-16(13)11(20)17-4-6-8-5-15(7(3-12)9(6)14-17)10(19)18(8)24-25(21,22)23/h4,7-8H,2-3,5,12-13H2,1H3,(H,21,22,23). The second-order valence-electron chi connectivity index (χ2n) is 5.51. The number of aromatic nitrogens is 2. The van der Waals surface area contributed by atoms with Crippen molar-refractivity contribution in [2.45, 2.75) is 19.0 Å². The van der Waals surface area contributed by atoms with Gasteiger partial charge in [-0.2, -0.15) is 23.3 Å². The summed E-state index contributed by atoms with van der Waals surface area (Å²) < 4.78 is 36.3. The summed E-state index contributed by atoms with van der Waals surface area (Å²) >= 11 is 0. The summed E-state index contributed by atoms with van der Waals surface area (Å²) in [7, 11) is -4.91. The molecule has 0 radical (unpaired) electrons. The number of amides is 3. The number of fused-ring (bicyclic) bond motifs is 4. The lowest BCUT2D eigenvalue weighted by atomic mass is 9.98. The lowest BCUT2D eigenvalue weighted by molar-refractivity contribution is -0.0317. The zero-order chi connectivity index (χ0) is 18.5. The van der Waals surface area contributed by atoms with Crippen LogP contribution in [0.2, 0.25) is 0 Å². The third-order valence-corrected chi connectivity index (χ3v) is 4.44. The van der Waals surface area contributed by atoms with Crippen molar-refractivity contribution in [3.8, 4) is 0 Å². The number of rotatable bonds is 4. The van der Waals surface area contributed by atoms with Crippen molar-refractivity contribution < 1.29 is 26.8 Å². The molecule has 3 rings (SSSR count). The molecule has 0 saturated carbocycles. The van der Waals surface area contributed by atoms with Crippen molar-refractivity contribution in [3.05, 3.63) is 17.5 Å². The first kappa shape index (κ1) is 17.6. The highest BCUT2D eigenvalue weighted by Crippen LogP contribution is 2.43. The van der Waals surface area contributed by atoms with Crippen LogP contribution in [-0.4, -0.2) is 69.4 Å². The van der Waals surface area contributed by atoms with Gasteiger partial charge in [0.05, 0.1) is 18.3 Å². The summed E-state index contributed by atoms with van der Waals surface area (Å²) in [6, 6.07) is -2.92. The maximum absolute atomic E-state index is 12.3. The normalized spacial score (nSPS) is 22.3. The Labute approximate surface area is 142 Å². The molecular formula is C11H17N7O6S. The molecule has 138 valence electrons. The van der Waals surface area contributed by atoms with Gasteiger partial charge in [0, 0.05) is 24.8 Å². The number of carbonyl (C=O) groups excluding carboxylic acids is 2. The fourth-order valence-electron chi connectivity index (χ4n) is 2.94. The second-order valence-corrected chi connectivity index (χ2v) is 6.52. The van der Waals surface area contributed by atoms with Crippen molar-refractivity contribution >= 4 is 22.5 Å². The van der Waals surface area contributed by atoms with Gasteiger partial charge in [-0.3, -0.25) is 9.56 Å². The quantitative estimate of drug-likeness (QED) is 0.246. The second kappa shape index (κ2) is 5.92. The fourth-order valence-corrected chi connectivity index (χ4v) is 3.31. The van der Waals surface area contributed by atoms with Crippen LogP contribution in [0.1, 0.15) is 30.3 Å². The number of carbonyl (C=O) groups is 2. The predicted octanol–water partition coefficient (Wildman–Crippen LogP) is -1.43. The molecule has 3 heterocycles. The highest BCUT2D eigenvalue weighted by atomic mass is 32.3. The molecule has 1 fully saturated rings. The summed E-state index contributed by atoms with van der Waals surface area (Å²) in [4.78, 5) is 25.8. The number of hydrazine groups is 1. The number of urea groups is 1. The van der Waals surface area contributed by atoms with Gasteiger partial charge in [-0.15, -0.1) is 4.28 Å². The molecule has 5 N–H and O–H groups in total. The Morgan fingerprint density at radius 2 is 2.24 bits per heavy atom. The molecule has 14 heteroatoms. The van der Waals surface area contributed by atoms with E-state index in [-0.39, 0.29) is 19.6 Å². The third kappa shape index (κ3) is 2.83. The average Bonchev–Trinajstić information content (AvgIpc) is 3.10. The molecule has 2 aliphatic heterocycles. The fraction of sp³-hybridized carbons (Fsp3) is 0.545. The molecule has 1 aromatic heterocycles. The first-order valence-corrected chi connectivity index (χ1v) is 8.67. The highest BCUT2D eigenvalue weighted by Gasteiger charge is 2.51. The zero-order valence-electron chi connectivity index (χ0n) is 13.1. The van der Waals surface area contributed by atoms with Crippen LogP contribution in [0.4, 0.5) is 9.59 Å². The van der Waals surface area contributed by atoms with Crippen LogP contribution in [0.25, 0.3) is 0 Å². The molecule has 0 aliphatic carbocycles. The largest absolute Gasteiger partial charge is 0.418 e. The van der Waals surface area contributed by atoms with Crippen LogP contribution >= 0.6 is 0 Å². The topological polar surface area (TPSA) is 177 Å². The van der Waals surface area contributed by atoms with Crippen LogP contribution in [0.5, 0.6) is 0 Å². The Morgan fingerprint density at radius 1 is 1.56 bits per heavy atom. The summed E-state index contributed by atoms with van der Waals surface area (Å²) in [5, 5.41) is 5.62. The van der Waals surface area contributed by atoms with Crippen molar-refractivity contribution in [1.29, 1.82) is 0 Å². The van der Waals surface area contributed by atoms with Crippen LogP contribution in [0.3, 0.4) is 0 Å². The van der Waals surface area contributed by atoms with E-state index in [9.17, 15) is 18.0 Å². The van der Waals surface area contributed by atoms with Crippen molar-refractivity contribution in [3.63, 3.8) is 0 Å². The van der Waals surface area contributed by atoms with Gasteiger partial charge in [0.1, 0.15) is 6.04 Å². The number of hydroxylamine groups is 2. The number of nitrogens with zero attached hydrogens (tertiary/aromatic N) is 5. The smallest absolute Gasteiger partial charge is 0.328 e. The molecule has 2 unspecified atom stereocenters. The molecule has 0 spiro atoms. The van der Waals surface area contributed by atoms with E-state index in [1.165, 1.54) is 11.1 Å². The molecule has 1 saturated heterocycles. The van der Waals surface area contributed by atoms with Gasteiger partial charge in [0.2, 0.25) is 0 Å². The summed E-state index contributed by atoms with van der Waals surface area (Å²) in [5.41, 5.74) is 6.45. The van der Waals surface area contributed by atoms with E-state index >= 15 is 0 Å². The van der Waals surface area contributed by atoms with Gasteiger partial charge in [-0.1, -0.05) is 0 Å². The predicted molar refractivity (Wildman–Crippen MR) is 80.7 cm³/mol. The first-order valence-electron chi connectivity index (χ1n) is 7.30. The summed E-state index contributed by atoms with van der Waals surface area (Å²) in [6.07, 6.45) is 1.34.